The minimum Gasteiger partial charge on any atom is -0.298 e. The second-order valence-electron chi connectivity index (χ2n) is 4.57. The van der Waals surface area contributed by atoms with Gasteiger partial charge in [0.2, 0.25) is 0 Å². The molecule has 2 rings (SSSR count). The van der Waals surface area contributed by atoms with E-state index in [2.05, 4.69) is 5.10 Å². The quantitative estimate of drug-likeness (QED) is 0.710. The number of carbonyl (C=O) groups is 1. The molecule has 0 aromatic carbocycles. The van der Waals surface area contributed by atoms with E-state index in [-0.39, 0.29) is 11.5 Å². The Morgan fingerprint density at radius 1 is 1.56 bits per heavy atom. The minimum atomic E-state index is -2.96. The van der Waals surface area contributed by atoms with Crippen LogP contribution in [0.1, 0.15) is 29.4 Å². The third-order valence-corrected chi connectivity index (χ3v) is 4.99. The smallest absolute Gasteiger partial charge is 0.153 e. The van der Waals surface area contributed by atoms with Crippen LogP contribution < -0.4 is 0 Å². The highest BCUT2D eigenvalue weighted by Crippen LogP contribution is 2.30. The maximum Gasteiger partial charge on any atom is 0.153 e. The van der Waals surface area contributed by atoms with Crippen LogP contribution in [0.3, 0.4) is 0 Å². The van der Waals surface area contributed by atoms with Crippen molar-refractivity contribution in [2.24, 2.45) is 0 Å². The molecule has 1 aliphatic rings. The number of aromatic nitrogens is 2. The molecule has 0 radical (unpaired) electrons. The molecule has 1 fully saturated rings. The van der Waals surface area contributed by atoms with Gasteiger partial charge in [-0.1, -0.05) is 0 Å². The molecule has 5 nitrogen and oxygen atoms in total. The van der Waals surface area contributed by atoms with Crippen molar-refractivity contribution < 1.29 is 13.2 Å². The summed E-state index contributed by atoms with van der Waals surface area (Å²) in [6.07, 6.45) is 2.92. The number of carbonyl (C=O) groups excluding carboxylic acids is 1. The number of aryl methyl sites for hydroxylation is 1. The van der Waals surface area contributed by atoms with E-state index in [4.69, 9.17) is 0 Å². The van der Waals surface area contributed by atoms with Crippen molar-refractivity contribution in [1.82, 2.24) is 9.78 Å². The van der Waals surface area contributed by atoms with E-state index in [1.807, 2.05) is 6.92 Å². The minimum absolute atomic E-state index is 0.0966. The SMILES string of the molecule is Cc1nn(C2(C)CCS(=O)(=O)C2)cc1C=O. The predicted octanol–water partition coefficient (Wildman–Crippen LogP) is 0.538. The number of sulfone groups is 1. The molecule has 1 aromatic rings. The molecule has 1 aromatic heterocycles. The Labute approximate surface area is 94.4 Å². The standard InChI is InChI=1S/C10H14N2O3S/c1-8-9(6-13)5-12(11-8)10(2)3-4-16(14,15)7-10/h5-6H,3-4,7H2,1-2H3. The van der Waals surface area contributed by atoms with Crippen LogP contribution in [0.4, 0.5) is 0 Å². The number of aldehydes is 1. The molecule has 88 valence electrons. The van der Waals surface area contributed by atoms with Crippen LogP contribution in [-0.2, 0) is 15.4 Å². The lowest BCUT2D eigenvalue weighted by Crippen LogP contribution is -2.31. The number of hydrogen-bond donors (Lipinski definition) is 0. The van der Waals surface area contributed by atoms with Crippen LogP contribution in [-0.4, -0.2) is 36.0 Å². The van der Waals surface area contributed by atoms with Crippen LogP contribution in [0.25, 0.3) is 0 Å². The second kappa shape index (κ2) is 3.41. The van der Waals surface area contributed by atoms with E-state index in [9.17, 15) is 13.2 Å². The fourth-order valence-corrected chi connectivity index (χ4v) is 4.16. The Bertz CT molecular complexity index is 532. The van der Waals surface area contributed by atoms with Gasteiger partial charge in [0.15, 0.2) is 16.1 Å². The Balaban J connectivity index is 2.41. The Hall–Kier alpha value is -1.17. The van der Waals surface area contributed by atoms with E-state index in [0.29, 0.717) is 17.7 Å². The lowest BCUT2D eigenvalue weighted by molar-refractivity contribution is 0.112. The van der Waals surface area contributed by atoms with Crippen molar-refractivity contribution in [3.63, 3.8) is 0 Å². The average Bonchev–Trinajstić information content (AvgIpc) is 2.68. The molecule has 0 saturated carbocycles. The third-order valence-electron chi connectivity index (χ3n) is 3.10. The molecule has 6 heteroatoms. The van der Waals surface area contributed by atoms with Gasteiger partial charge in [0.1, 0.15) is 0 Å². The zero-order chi connectivity index (χ0) is 12.0. The molecule has 16 heavy (non-hydrogen) atoms. The summed E-state index contributed by atoms with van der Waals surface area (Å²) in [5.41, 5.74) is 0.649. The van der Waals surface area contributed by atoms with Crippen LogP contribution >= 0.6 is 0 Å². The first-order valence-corrected chi connectivity index (χ1v) is 6.91. The number of rotatable bonds is 2. The highest BCUT2D eigenvalue weighted by atomic mass is 32.2. The zero-order valence-electron chi connectivity index (χ0n) is 9.30. The molecule has 0 amide bonds. The molecule has 0 bridgehead atoms. The molecule has 0 aliphatic carbocycles. The molecule has 1 saturated heterocycles. The highest BCUT2D eigenvalue weighted by molar-refractivity contribution is 7.91. The summed E-state index contributed by atoms with van der Waals surface area (Å²) >= 11 is 0. The Morgan fingerprint density at radius 2 is 2.25 bits per heavy atom. The van der Waals surface area contributed by atoms with Crippen LogP contribution in [0, 0.1) is 6.92 Å². The zero-order valence-corrected chi connectivity index (χ0v) is 10.1. The first kappa shape index (κ1) is 11.3. The van der Waals surface area contributed by atoms with Crippen LogP contribution in [0.15, 0.2) is 6.20 Å². The predicted molar refractivity (Wildman–Crippen MR) is 59.3 cm³/mol. The summed E-state index contributed by atoms with van der Waals surface area (Å²) in [5.74, 6) is 0.290. The van der Waals surface area contributed by atoms with E-state index >= 15 is 0 Å². The van der Waals surface area contributed by atoms with Crippen molar-refractivity contribution in [3.05, 3.63) is 17.5 Å². The maximum atomic E-state index is 11.5. The van der Waals surface area contributed by atoms with E-state index in [1.165, 1.54) is 0 Å². The monoisotopic (exact) mass is 242 g/mol. The first-order chi connectivity index (χ1) is 7.36. The maximum absolute atomic E-state index is 11.5. The lowest BCUT2D eigenvalue weighted by Gasteiger charge is -2.22. The van der Waals surface area contributed by atoms with E-state index in [0.717, 1.165) is 6.29 Å². The second-order valence-corrected chi connectivity index (χ2v) is 6.76. The first-order valence-electron chi connectivity index (χ1n) is 5.09. The summed E-state index contributed by atoms with van der Waals surface area (Å²) in [5, 5.41) is 4.22. The Morgan fingerprint density at radius 3 is 2.69 bits per heavy atom. The number of nitrogens with zero attached hydrogens (tertiary/aromatic N) is 2. The van der Waals surface area contributed by atoms with Gasteiger partial charge in [-0.15, -0.1) is 0 Å². The molecular weight excluding hydrogens is 228 g/mol. The third kappa shape index (κ3) is 1.77. The fraction of sp³-hybridized carbons (Fsp3) is 0.600. The van der Waals surface area contributed by atoms with Crippen molar-refractivity contribution >= 4 is 16.1 Å². The summed E-state index contributed by atoms with van der Waals surface area (Å²) < 4.78 is 24.6. The van der Waals surface area contributed by atoms with Crippen LogP contribution in [0.2, 0.25) is 0 Å². The van der Waals surface area contributed by atoms with Gasteiger partial charge in [0, 0.05) is 6.20 Å². The van der Waals surface area contributed by atoms with Gasteiger partial charge >= 0.3 is 0 Å². The molecule has 1 aliphatic heterocycles. The molecule has 0 N–H and O–H groups in total. The van der Waals surface area contributed by atoms with Gasteiger partial charge in [0.25, 0.3) is 0 Å². The number of hydrogen-bond acceptors (Lipinski definition) is 4. The summed E-state index contributed by atoms with van der Waals surface area (Å²) in [6, 6.07) is 0. The van der Waals surface area contributed by atoms with E-state index < -0.39 is 15.4 Å². The molecule has 1 atom stereocenters. The summed E-state index contributed by atoms with van der Waals surface area (Å²) in [7, 11) is -2.96. The lowest BCUT2D eigenvalue weighted by atomic mass is 10.0. The van der Waals surface area contributed by atoms with Crippen molar-refractivity contribution in [1.29, 1.82) is 0 Å². The van der Waals surface area contributed by atoms with Gasteiger partial charge in [-0.3, -0.25) is 9.48 Å². The van der Waals surface area contributed by atoms with Gasteiger partial charge in [-0.2, -0.15) is 5.10 Å². The molecular formula is C10H14N2O3S. The Kier molecular flexibility index (Phi) is 2.41. The van der Waals surface area contributed by atoms with Gasteiger partial charge in [-0.25, -0.2) is 8.42 Å². The molecule has 0 spiro atoms. The van der Waals surface area contributed by atoms with Crippen molar-refractivity contribution in [3.8, 4) is 0 Å². The molecule has 2 heterocycles. The fourth-order valence-electron chi connectivity index (χ4n) is 2.04. The van der Waals surface area contributed by atoms with Gasteiger partial charge in [-0.05, 0) is 20.3 Å². The highest BCUT2D eigenvalue weighted by Gasteiger charge is 2.40. The van der Waals surface area contributed by atoms with Crippen LogP contribution in [0.5, 0.6) is 0 Å². The normalized spacial score (nSPS) is 28.1. The van der Waals surface area contributed by atoms with Crippen molar-refractivity contribution in [2.75, 3.05) is 11.5 Å². The van der Waals surface area contributed by atoms with Crippen molar-refractivity contribution in [2.45, 2.75) is 25.8 Å². The van der Waals surface area contributed by atoms with Gasteiger partial charge < -0.3 is 0 Å². The molecule has 1 unspecified atom stereocenters. The largest absolute Gasteiger partial charge is 0.298 e. The topological polar surface area (TPSA) is 69.0 Å². The summed E-state index contributed by atoms with van der Waals surface area (Å²) in [6.45, 7) is 3.60. The summed E-state index contributed by atoms with van der Waals surface area (Å²) in [4.78, 5) is 10.7. The average molecular weight is 242 g/mol. The van der Waals surface area contributed by atoms with E-state index in [1.54, 1.807) is 17.8 Å². The van der Waals surface area contributed by atoms with Gasteiger partial charge in [0.05, 0.1) is 28.3 Å².